The first-order chi connectivity index (χ1) is 33.7. The number of morpholine rings is 1. The highest BCUT2D eigenvalue weighted by molar-refractivity contribution is 5.98. The second-order valence-electron chi connectivity index (χ2n) is 20.5. The first-order valence-corrected chi connectivity index (χ1v) is 24.9. The van der Waals surface area contributed by atoms with Crippen LogP contribution in [0.2, 0.25) is 0 Å². The van der Waals surface area contributed by atoms with Gasteiger partial charge in [0.15, 0.2) is 28.8 Å². The van der Waals surface area contributed by atoms with Gasteiger partial charge in [0.2, 0.25) is 11.8 Å². The van der Waals surface area contributed by atoms with Crippen molar-refractivity contribution in [3.63, 3.8) is 0 Å². The molecule has 5 rings (SSSR count). The quantitative estimate of drug-likeness (QED) is 0.0171. The molecule has 2 amide bonds. The summed E-state index contributed by atoms with van der Waals surface area (Å²) < 4.78 is 23.1. The highest BCUT2D eigenvalue weighted by atomic mass is 16.6. The van der Waals surface area contributed by atoms with E-state index in [0.29, 0.717) is 81.1 Å². The van der Waals surface area contributed by atoms with Gasteiger partial charge in [-0.05, 0) is 80.2 Å². The van der Waals surface area contributed by atoms with Gasteiger partial charge in [-0.2, -0.15) is 0 Å². The SMILES string of the molecule is CC(=O)Oc1ccc(C[N+]2(CC(=O)C[C@@H](CCc3ccccc3)C(=O)N[C@@H](CC(C)C)C(=O)C[C@@H](Cc3ccccc3)C(=O)N[C@@H](CC(C)C)C(=O)[C@@]3(C)CO3)CCOCC2)cc1OC/C(N)=C/N(C)N. The van der Waals surface area contributed by atoms with E-state index in [9.17, 15) is 28.8 Å². The van der Waals surface area contributed by atoms with Crippen LogP contribution in [0.5, 0.6) is 11.5 Å². The fraction of sp³-hybridized carbons (Fsp3) is 0.527. The fourth-order valence-corrected chi connectivity index (χ4v) is 9.16. The number of hydrogen-bond donors (Lipinski definition) is 4. The molecule has 0 bridgehead atoms. The molecule has 0 aromatic heterocycles. The van der Waals surface area contributed by atoms with Gasteiger partial charge in [0.1, 0.15) is 38.4 Å². The van der Waals surface area contributed by atoms with Crippen LogP contribution in [0.1, 0.15) is 90.3 Å². The Labute approximate surface area is 419 Å². The van der Waals surface area contributed by atoms with Crippen molar-refractivity contribution in [1.29, 1.82) is 0 Å². The van der Waals surface area contributed by atoms with Crippen LogP contribution < -0.4 is 31.7 Å². The molecule has 3 aromatic carbocycles. The molecule has 2 aliphatic heterocycles. The zero-order chi connectivity index (χ0) is 51.7. The van der Waals surface area contributed by atoms with Crippen molar-refractivity contribution < 1.29 is 52.2 Å². The molecule has 386 valence electrons. The van der Waals surface area contributed by atoms with Crippen LogP contribution >= 0.6 is 0 Å². The lowest BCUT2D eigenvalue weighted by Gasteiger charge is -2.41. The van der Waals surface area contributed by atoms with Gasteiger partial charge in [-0.15, -0.1) is 0 Å². The number of carbonyl (C=O) groups excluding carboxylic acids is 6. The first-order valence-electron chi connectivity index (χ1n) is 24.9. The zero-order valence-corrected chi connectivity index (χ0v) is 42.8. The van der Waals surface area contributed by atoms with Crippen LogP contribution in [0.3, 0.4) is 0 Å². The van der Waals surface area contributed by atoms with Gasteiger partial charge in [-0.1, -0.05) is 88.4 Å². The average molecular weight is 982 g/mol. The van der Waals surface area contributed by atoms with E-state index in [1.165, 1.54) is 18.1 Å². The molecular formula is C55H77N6O10+. The maximum atomic E-state index is 14.7. The molecule has 5 atom stereocenters. The van der Waals surface area contributed by atoms with Crippen molar-refractivity contribution >= 4 is 35.1 Å². The molecule has 16 nitrogen and oxygen atoms in total. The van der Waals surface area contributed by atoms with E-state index in [0.717, 1.165) is 16.7 Å². The Morgan fingerprint density at radius 1 is 0.803 bits per heavy atom. The Hall–Kier alpha value is -5.94. The molecule has 2 heterocycles. The average Bonchev–Trinajstić information content (AvgIpc) is 4.07. The summed E-state index contributed by atoms with van der Waals surface area (Å²) in [7, 11) is 1.63. The van der Waals surface area contributed by atoms with Gasteiger partial charge in [0.05, 0.1) is 37.6 Å². The van der Waals surface area contributed by atoms with Crippen molar-refractivity contribution in [3.05, 3.63) is 107 Å². The molecule has 0 unspecified atom stereocenters. The predicted molar refractivity (Wildman–Crippen MR) is 270 cm³/mol. The number of nitrogens with one attached hydrogen (secondary N) is 2. The number of amides is 2. The topological polar surface area (TPSA) is 222 Å². The minimum Gasteiger partial charge on any atom is -0.483 e. The molecule has 71 heavy (non-hydrogen) atoms. The molecule has 2 fully saturated rings. The number of carbonyl (C=O) groups is 6. The number of epoxide rings is 1. The van der Waals surface area contributed by atoms with Gasteiger partial charge in [-0.3, -0.25) is 28.8 Å². The van der Waals surface area contributed by atoms with E-state index in [2.05, 4.69) is 10.6 Å². The van der Waals surface area contributed by atoms with Gasteiger partial charge in [-0.25, -0.2) is 5.84 Å². The van der Waals surface area contributed by atoms with Gasteiger partial charge in [0, 0.05) is 50.4 Å². The Balaban J connectivity index is 1.37. The Morgan fingerprint density at radius 2 is 1.39 bits per heavy atom. The highest BCUT2D eigenvalue weighted by Gasteiger charge is 2.50. The van der Waals surface area contributed by atoms with Crippen molar-refractivity contribution in [2.24, 2.45) is 35.2 Å². The molecule has 0 radical (unpaired) electrons. The monoisotopic (exact) mass is 982 g/mol. The summed E-state index contributed by atoms with van der Waals surface area (Å²) in [5.74, 6) is 2.82. The van der Waals surface area contributed by atoms with Crippen molar-refractivity contribution in [2.75, 3.05) is 53.1 Å². The minimum absolute atomic E-state index is 0.00327. The van der Waals surface area contributed by atoms with Crippen LogP contribution in [0.4, 0.5) is 0 Å². The molecule has 3 aromatic rings. The normalized spacial score (nSPS) is 18.1. The number of ketones is 3. The summed E-state index contributed by atoms with van der Waals surface area (Å²) >= 11 is 0. The number of aryl methyl sites for hydroxylation is 1. The van der Waals surface area contributed by atoms with Crippen LogP contribution in [0, 0.1) is 23.7 Å². The van der Waals surface area contributed by atoms with E-state index in [1.807, 2.05) is 94.4 Å². The second kappa shape index (κ2) is 26.5. The van der Waals surface area contributed by atoms with Crippen molar-refractivity contribution in [1.82, 2.24) is 15.6 Å². The molecular weight excluding hydrogens is 905 g/mol. The van der Waals surface area contributed by atoms with Gasteiger partial charge < -0.3 is 44.8 Å². The largest absolute Gasteiger partial charge is 0.483 e. The number of hydrogen-bond acceptors (Lipinski definition) is 13. The first kappa shape index (κ1) is 56.0. The summed E-state index contributed by atoms with van der Waals surface area (Å²) in [6, 6.07) is 22.7. The van der Waals surface area contributed by atoms with Crippen LogP contribution in [-0.4, -0.2) is 115 Å². The Kier molecular flexibility index (Phi) is 20.9. The lowest BCUT2D eigenvalue weighted by atomic mass is 9.87. The van der Waals surface area contributed by atoms with Crippen LogP contribution in [-0.2, 0) is 57.6 Å². The standard InChI is InChI=1S/C55H76N6O10/c1-37(2)26-47(49(64)31-44(28-41-16-12-9-13-17-41)54(67)59-48(27-38(3)4)52(65)55(6)36-70-55)58-53(66)43(20-18-40-14-10-8-11-15-40)30-46(63)34-61(22-24-68-25-23-61)33-42-19-21-50(71-39(5)62)51(29-42)69-35-45(56)32-60(7)57/h8-17,19,21,29,32,37-38,43-44,47-48H,18,20,22-28,30-31,33-36,56-57H2,1-7H3,(H-,58,59,66,67)/p+1/b45-32-/t43-,44-,47+,48+,55-/m1/s1. The maximum absolute atomic E-state index is 14.7. The van der Waals surface area contributed by atoms with Crippen LogP contribution in [0.15, 0.2) is 90.8 Å². The summed E-state index contributed by atoms with van der Waals surface area (Å²) in [5, 5.41) is 7.38. The molecule has 0 saturated carbocycles. The molecule has 16 heteroatoms. The number of nitrogens with zero attached hydrogens (tertiary/aromatic N) is 2. The van der Waals surface area contributed by atoms with Crippen molar-refractivity contribution in [2.45, 2.75) is 111 Å². The van der Waals surface area contributed by atoms with Crippen molar-refractivity contribution in [3.8, 4) is 11.5 Å². The Morgan fingerprint density at radius 3 is 1.99 bits per heavy atom. The van der Waals surface area contributed by atoms with E-state index < -0.39 is 47.3 Å². The third-order valence-electron chi connectivity index (χ3n) is 12.9. The van der Waals surface area contributed by atoms with E-state index >= 15 is 0 Å². The van der Waals surface area contributed by atoms with Gasteiger partial charge >= 0.3 is 5.97 Å². The van der Waals surface area contributed by atoms with E-state index in [-0.39, 0.29) is 67.3 Å². The lowest BCUT2D eigenvalue weighted by molar-refractivity contribution is -0.940. The van der Waals surface area contributed by atoms with E-state index in [1.54, 1.807) is 26.1 Å². The lowest BCUT2D eigenvalue weighted by Crippen LogP contribution is -2.57. The summed E-state index contributed by atoms with van der Waals surface area (Å²) in [4.78, 5) is 83.6. The summed E-state index contributed by atoms with van der Waals surface area (Å²) in [6.45, 7) is 13.7. The maximum Gasteiger partial charge on any atom is 0.308 e. The number of nitrogens with two attached hydrogens (primary N) is 2. The molecule has 6 N–H and O–H groups in total. The van der Waals surface area contributed by atoms with E-state index in [4.69, 9.17) is 30.5 Å². The fourth-order valence-electron chi connectivity index (χ4n) is 9.16. The summed E-state index contributed by atoms with van der Waals surface area (Å²) in [5.41, 5.74) is 8.19. The third kappa shape index (κ3) is 18.3. The second-order valence-corrected chi connectivity index (χ2v) is 20.5. The Bertz CT molecular complexity index is 2290. The zero-order valence-electron chi connectivity index (χ0n) is 42.8. The predicted octanol–water partition coefficient (Wildman–Crippen LogP) is 5.39. The highest BCUT2D eigenvalue weighted by Crippen LogP contribution is 2.32. The third-order valence-corrected chi connectivity index (χ3v) is 12.9. The smallest absolute Gasteiger partial charge is 0.308 e. The molecule has 2 saturated heterocycles. The molecule has 2 aliphatic rings. The molecule has 0 aliphatic carbocycles. The number of esters is 1. The van der Waals surface area contributed by atoms with Gasteiger partial charge in [0.25, 0.3) is 0 Å². The number of benzene rings is 3. The number of hydrazine groups is 1. The number of rotatable bonds is 29. The van der Waals surface area contributed by atoms with Crippen LogP contribution in [0.25, 0.3) is 0 Å². The number of ether oxygens (including phenoxy) is 4. The summed E-state index contributed by atoms with van der Waals surface area (Å²) in [6.07, 6.45) is 3.15. The molecule has 0 spiro atoms. The number of Topliss-reactive ketones (excluding diaryl/α,β-unsaturated/α-hetero) is 3. The number of quaternary nitrogens is 1. The minimum atomic E-state index is -0.942.